The maximum atomic E-state index is 12.2. The highest BCUT2D eigenvalue weighted by atomic mass is 32.1. The van der Waals surface area contributed by atoms with Gasteiger partial charge in [-0.15, -0.1) is 11.3 Å². The Bertz CT molecular complexity index is 1200. The largest absolute Gasteiger partial charge is 0.458 e. The molecular weight excluding hydrogens is 388 g/mol. The van der Waals surface area contributed by atoms with E-state index in [1.807, 2.05) is 5.38 Å². The van der Waals surface area contributed by atoms with Crippen LogP contribution in [-0.4, -0.2) is 15.5 Å². The molecule has 29 heavy (non-hydrogen) atoms. The number of aromatic nitrogens is 2. The fourth-order valence-corrected chi connectivity index (χ4v) is 3.82. The molecule has 0 spiro atoms. The normalized spacial score (nSPS) is 11.3. The summed E-state index contributed by atoms with van der Waals surface area (Å²) < 4.78 is 11.7. The Hall–Kier alpha value is -3.19. The van der Waals surface area contributed by atoms with Crippen LogP contribution in [0.2, 0.25) is 0 Å². The van der Waals surface area contributed by atoms with E-state index in [0.717, 1.165) is 10.6 Å². The third-order valence-electron chi connectivity index (χ3n) is 4.62. The standard InChI is InChI=1S/C22H20N2O4S/c1-14(2)15-7-9-16(10-8-15)21-23-17(13-29-21)12-27-20(25)11-24-18-5-3-4-6-19(18)28-22(24)26/h3-10,13-14H,11-12H2,1-2H3. The van der Waals surface area contributed by atoms with E-state index in [1.165, 1.54) is 21.5 Å². The zero-order chi connectivity index (χ0) is 20.4. The zero-order valence-corrected chi connectivity index (χ0v) is 16.9. The van der Waals surface area contributed by atoms with Gasteiger partial charge in [-0.05, 0) is 23.6 Å². The van der Waals surface area contributed by atoms with Gasteiger partial charge in [0.05, 0.1) is 11.2 Å². The molecule has 7 heteroatoms. The molecular formula is C22H20N2O4S. The molecule has 2 heterocycles. The summed E-state index contributed by atoms with van der Waals surface area (Å²) in [4.78, 5) is 28.7. The van der Waals surface area contributed by atoms with Crippen molar-refractivity contribution in [3.8, 4) is 10.6 Å². The summed E-state index contributed by atoms with van der Waals surface area (Å²) in [5.74, 6) is -0.617. The fraction of sp³-hybridized carbons (Fsp3) is 0.227. The van der Waals surface area contributed by atoms with Gasteiger partial charge in [-0.25, -0.2) is 9.78 Å². The molecule has 0 amide bonds. The van der Waals surface area contributed by atoms with Crippen molar-refractivity contribution >= 4 is 28.4 Å². The van der Waals surface area contributed by atoms with Crippen molar-refractivity contribution in [2.24, 2.45) is 0 Å². The molecule has 0 aliphatic rings. The van der Waals surface area contributed by atoms with E-state index < -0.39 is 11.7 Å². The summed E-state index contributed by atoms with van der Waals surface area (Å²) >= 11 is 1.51. The lowest BCUT2D eigenvalue weighted by Gasteiger charge is -2.05. The minimum absolute atomic E-state index is 0.0595. The Morgan fingerprint density at radius 2 is 1.93 bits per heavy atom. The van der Waals surface area contributed by atoms with E-state index in [9.17, 15) is 9.59 Å². The highest BCUT2D eigenvalue weighted by molar-refractivity contribution is 7.13. The molecule has 0 radical (unpaired) electrons. The topological polar surface area (TPSA) is 74.3 Å². The molecule has 4 aromatic rings. The quantitative estimate of drug-likeness (QED) is 0.437. The van der Waals surface area contributed by atoms with Gasteiger partial charge in [0.15, 0.2) is 5.58 Å². The first-order valence-corrected chi connectivity index (χ1v) is 10.2. The van der Waals surface area contributed by atoms with Crippen LogP contribution in [0.15, 0.2) is 63.1 Å². The average Bonchev–Trinajstić information content (AvgIpc) is 3.31. The molecule has 0 fully saturated rings. The number of hydrogen-bond donors (Lipinski definition) is 0. The van der Waals surface area contributed by atoms with Gasteiger partial charge in [-0.1, -0.05) is 50.2 Å². The summed E-state index contributed by atoms with van der Waals surface area (Å²) in [6.45, 7) is 4.17. The van der Waals surface area contributed by atoms with E-state index in [-0.39, 0.29) is 13.2 Å². The van der Waals surface area contributed by atoms with Gasteiger partial charge >= 0.3 is 11.7 Å². The first kappa shape index (κ1) is 19.1. The zero-order valence-electron chi connectivity index (χ0n) is 16.1. The van der Waals surface area contributed by atoms with E-state index in [0.29, 0.717) is 22.7 Å². The molecule has 0 bridgehead atoms. The third-order valence-corrected chi connectivity index (χ3v) is 5.56. The van der Waals surface area contributed by atoms with Gasteiger partial charge in [0.1, 0.15) is 18.2 Å². The lowest BCUT2D eigenvalue weighted by atomic mass is 10.0. The molecule has 0 aliphatic heterocycles. The summed E-state index contributed by atoms with van der Waals surface area (Å²) in [7, 11) is 0. The minimum atomic E-state index is -0.580. The molecule has 148 valence electrons. The second kappa shape index (κ2) is 8.05. The van der Waals surface area contributed by atoms with Crippen LogP contribution in [0.5, 0.6) is 0 Å². The number of carbonyl (C=O) groups excluding carboxylic acids is 1. The first-order chi connectivity index (χ1) is 14.0. The van der Waals surface area contributed by atoms with Gasteiger partial charge in [0.2, 0.25) is 0 Å². The van der Waals surface area contributed by atoms with Gasteiger partial charge in [-0.2, -0.15) is 0 Å². The summed E-state index contributed by atoms with van der Waals surface area (Å²) in [5, 5.41) is 2.75. The fourth-order valence-electron chi connectivity index (χ4n) is 3.01. The Labute approximate surface area is 171 Å². The van der Waals surface area contributed by atoms with Crippen LogP contribution in [0, 0.1) is 0 Å². The van der Waals surface area contributed by atoms with E-state index in [2.05, 4.69) is 43.1 Å². The highest BCUT2D eigenvalue weighted by Gasteiger charge is 2.14. The van der Waals surface area contributed by atoms with E-state index >= 15 is 0 Å². The Morgan fingerprint density at radius 1 is 1.17 bits per heavy atom. The van der Waals surface area contributed by atoms with Gasteiger partial charge in [0.25, 0.3) is 0 Å². The lowest BCUT2D eigenvalue weighted by molar-refractivity contribution is -0.145. The van der Waals surface area contributed by atoms with Crippen molar-refractivity contribution in [2.45, 2.75) is 32.9 Å². The molecule has 0 atom stereocenters. The molecule has 0 saturated carbocycles. The van der Waals surface area contributed by atoms with Crippen molar-refractivity contribution < 1.29 is 13.9 Å². The van der Waals surface area contributed by atoms with Crippen molar-refractivity contribution in [3.05, 3.63) is 75.7 Å². The monoisotopic (exact) mass is 408 g/mol. The van der Waals surface area contributed by atoms with Crippen LogP contribution in [0.1, 0.15) is 31.0 Å². The van der Waals surface area contributed by atoms with Gasteiger partial charge in [0, 0.05) is 10.9 Å². The molecule has 0 saturated heterocycles. The number of nitrogens with zero attached hydrogens (tertiary/aromatic N) is 2. The van der Waals surface area contributed by atoms with Crippen molar-refractivity contribution in [3.63, 3.8) is 0 Å². The van der Waals surface area contributed by atoms with Crippen LogP contribution in [-0.2, 0) is 22.7 Å². The van der Waals surface area contributed by atoms with Crippen LogP contribution in [0.4, 0.5) is 0 Å². The number of fused-ring (bicyclic) bond motifs is 1. The number of oxazole rings is 1. The maximum absolute atomic E-state index is 12.2. The summed E-state index contributed by atoms with van der Waals surface area (Å²) in [6, 6.07) is 15.3. The van der Waals surface area contributed by atoms with Gasteiger partial charge in [-0.3, -0.25) is 9.36 Å². The third kappa shape index (κ3) is 4.14. The van der Waals surface area contributed by atoms with Crippen LogP contribution in [0.25, 0.3) is 21.7 Å². The summed E-state index contributed by atoms with van der Waals surface area (Å²) in [5.41, 5.74) is 4.00. The smallest absolute Gasteiger partial charge is 0.420 e. The molecule has 0 aliphatic carbocycles. The van der Waals surface area contributed by atoms with Crippen molar-refractivity contribution in [2.75, 3.05) is 0 Å². The Morgan fingerprint density at radius 3 is 2.69 bits per heavy atom. The van der Waals surface area contributed by atoms with E-state index in [1.54, 1.807) is 24.3 Å². The molecule has 2 aromatic heterocycles. The molecule has 0 N–H and O–H groups in total. The predicted molar refractivity (Wildman–Crippen MR) is 112 cm³/mol. The number of rotatable bonds is 6. The molecule has 6 nitrogen and oxygen atoms in total. The minimum Gasteiger partial charge on any atom is -0.458 e. The maximum Gasteiger partial charge on any atom is 0.420 e. The average molecular weight is 408 g/mol. The van der Waals surface area contributed by atoms with Crippen LogP contribution in [0.3, 0.4) is 0 Å². The Balaban J connectivity index is 1.40. The molecule has 4 rings (SSSR count). The number of para-hydroxylation sites is 2. The summed E-state index contributed by atoms with van der Waals surface area (Å²) in [6.07, 6.45) is 0. The van der Waals surface area contributed by atoms with Crippen LogP contribution >= 0.6 is 11.3 Å². The second-order valence-corrected chi connectivity index (χ2v) is 7.86. The van der Waals surface area contributed by atoms with Crippen LogP contribution < -0.4 is 5.76 Å². The van der Waals surface area contributed by atoms with Crippen molar-refractivity contribution in [1.82, 2.24) is 9.55 Å². The number of carbonyl (C=O) groups is 1. The highest BCUT2D eigenvalue weighted by Crippen LogP contribution is 2.26. The first-order valence-electron chi connectivity index (χ1n) is 9.30. The number of thiazole rings is 1. The number of benzene rings is 2. The number of ether oxygens (including phenoxy) is 1. The Kier molecular flexibility index (Phi) is 5.31. The van der Waals surface area contributed by atoms with Crippen molar-refractivity contribution in [1.29, 1.82) is 0 Å². The van der Waals surface area contributed by atoms with E-state index in [4.69, 9.17) is 9.15 Å². The number of esters is 1. The molecule has 0 unspecified atom stereocenters. The SMILES string of the molecule is CC(C)c1ccc(-c2nc(COC(=O)Cn3c(=O)oc4ccccc43)cs2)cc1. The molecule has 2 aromatic carbocycles. The van der Waals surface area contributed by atoms with Gasteiger partial charge < -0.3 is 9.15 Å². The predicted octanol–water partition coefficient (Wildman–Crippen LogP) is 4.58. The second-order valence-electron chi connectivity index (χ2n) is 7.00. The lowest BCUT2D eigenvalue weighted by Crippen LogP contribution is -2.21. The number of hydrogen-bond acceptors (Lipinski definition) is 6.